The quantitative estimate of drug-likeness (QED) is 0.562. The van der Waals surface area contributed by atoms with Crippen molar-refractivity contribution in [3.63, 3.8) is 0 Å². The van der Waals surface area contributed by atoms with Crippen molar-refractivity contribution in [2.45, 2.75) is 57.1 Å². The van der Waals surface area contributed by atoms with Crippen LogP contribution in [0.4, 0.5) is 5.82 Å². The monoisotopic (exact) mass is 345 g/mol. The highest BCUT2D eigenvalue weighted by Gasteiger charge is 2.31. The maximum Gasteiger partial charge on any atom is 0.191 e. The lowest BCUT2D eigenvalue weighted by atomic mass is 10.0. The first-order chi connectivity index (χ1) is 12.2. The fourth-order valence-corrected chi connectivity index (χ4v) is 3.72. The Kier molecular flexibility index (Phi) is 6.13. The van der Waals surface area contributed by atoms with Gasteiger partial charge in [-0.15, -0.1) is 0 Å². The summed E-state index contributed by atoms with van der Waals surface area (Å²) in [5, 5.41) is 17.4. The SMILES string of the molecule is CCNC(=NCC1(O)CCCC1)NC1CCN(c2ccccn2)CC1. The number of anilines is 1. The maximum absolute atomic E-state index is 10.5. The van der Waals surface area contributed by atoms with Crippen molar-refractivity contribution in [2.75, 3.05) is 31.1 Å². The highest BCUT2D eigenvalue weighted by Crippen LogP contribution is 2.29. The van der Waals surface area contributed by atoms with Crippen molar-refractivity contribution in [2.24, 2.45) is 4.99 Å². The minimum atomic E-state index is -0.593. The van der Waals surface area contributed by atoms with Crippen molar-refractivity contribution in [3.05, 3.63) is 24.4 Å². The second kappa shape index (κ2) is 8.52. The van der Waals surface area contributed by atoms with Gasteiger partial charge in [0, 0.05) is 31.9 Å². The molecule has 1 saturated heterocycles. The number of rotatable bonds is 5. The number of nitrogens with one attached hydrogen (secondary N) is 2. The van der Waals surface area contributed by atoms with Gasteiger partial charge < -0.3 is 20.6 Å². The van der Waals surface area contributed by atoms with E-state index in [2.05, 4.69) is 38.5 Å². The van der Waals surface area contributed by atoms with Gasteiger partial charge in [0.15, 0.2) is 5.96 Å². The van der Waals surface area contributed by atoms with E-state index in [1.165, 1.54) is 0 Å². The lowest BCUT2D eigenvalue weighted by molar-refractivity contribution is 0.0574. The zero-order valence-electron chi connectivity index (χ0n) is 15.2. The van der Waals surface area contributed by atoms with Crippen LogP contribution in [-0.4, -0.2) is 53.9 Å². The second-order valence-electron chi connectivity index (χ2n) is 7.22. The van der Waals surface area contributed by atoms with Crippen LogP contribution in [0.1, 0.15) is 45.4 Å². The van der Waals surface area contributed by atoms with Gasteiger partial charge in [-0.25, -0.2) is 4.98 Å². The first-order valence-electron chi connectivity index (χ1n) is 9.62. The minimum Gasteiger partial charge on any atom is -0.388 e. The third-order valence-corrected chi connectivity index (χ3v) is 5.22. The van der Waals surface area contributed by atoms with Crippen molar-refractivity contribution in [1.82, 2.24) is 15.6 Å². The number of aromatic nitrogens is 1. The van der Waals surface area contributed by atoms with Crippen LogP contribution in [0.5, 0.6) is 0 Å². The molecule has 1 aliphatic carbocycles. The Morgan fingerprint density at radius 2 is 2.08 bits per heavy atom. The summed E-state index contributed by atoms with van der Waals surface area (Å²) in [6.45, 7) is 5.40. The maximum atomic E-state index is 10.5. The van der Waals surface area contributed by atoms with E-state index < -0.39 is 5.60 Å². The van der Waals surface area contributed by atoms with E-state index in [-0.39, 0.29) is 0 Å². The number of nitrogens with zero attached hydrogens (tertiary/aromatic N) is 3. The number of hydrogen-bond donors (Lipinski definition) is 3. The molecule has 1 saturated carbocycles. The van der Waals surface area contributed by atoms with E-state index in [0.717, 1.165) is 69.9 Å². The summed E-state index contributed by atoms with van der Waals surface area (Å²) in [4.78, 5) is 11.4. The largest absolute Gasteiger partial charge is 0.388 e. The van der Waals surface area contributed by atoms with Crippen LogP contribution in [0.2, 0.25) is 0 Å². The smallest absolute Gasteiger partial charge is 0.191 e. The van der Waals surface area contributed by atoms with Crippen LogP contribution in [0.25, 0.3) is 0 Å². The van der Waals surface area contributed by atoms with Gasteiger partial charge in [0.25, 0.3) is 0 Å². The summed E-state index contributed by atoms with van der Waals surface area (Å²) in [5.74, 6) is 1.89. The lowest BCUT2D eigenvalue weighted by Crippen LogP contribution is -2.49. The molecule has 138 valence electrons. The Bertz CT molecular complexity index is 548. The number of piperidine rings is 1. The molecule has 3 N–H and O–H groups in total. The van der Waals surface area contributed by atoms with Crippen molar-refractivity contribution < 1.29 is 5.11 Å². The van der Waals surface area contributed by atoms with E-state index in [9.17, 15) is 5.11 Å². The standard InChI is InChI=1S/C19H31N5O/c1-2-20-18(22-15-19(25)10-4-5-11-19)23-16-8-13-24(14-9-16)17-7-3-6-12-21-17/h3,6-7,12,16,25H,2,4-5,8-11,13-15H2,1H3,(H2,20,22,23). The summed E-state index contributed by atoms with van der Waals surface area (Å²) < 4.78 is 0. The number of hydrogen-bond acceptors (Lipinski definition) is 4. The molecule has 2 fully saturated rings. The fourth-order valence-electron chi connectivity index (χ4n) is 3.72. The zero-order valence-corrected chi connectivity index (χ0v) is 15.2. The molecule has 6 nitrogen and oxygen atoms in total. The summed E-state index contributed by atoms with van der Waals surface area (Å²) in [5.41, 5.74) is -0.593. The zero-order chi connectivity index (χ0) is 17.5. The number of guanidine groups is 1. The molecule has 0 amide bonds. The summed E-state index contributed by atoms with van der Waals surface area (Å²) in [6.07, 6.45) is 7.94. The average Bonchev–Trinajstić information content (AvgIpc) is 3.08. The Balaban J connectivity index is 1.51. The predicted octanol–water partition coefficient (Wildman–Crippen LogP) is 1.91. The molecular formula is C19H31N5O. The van der Waals surface area contributed by atoms with Gasteiger partial charge in [-0.2, -0.15) is 0 Å². The molecule has 0 atom stereocenters. The summed E-state index contributed by atoms with van der Waals surface area (Å²) >= 11 is 0. The van der Waals surface area contributed by atoms with Crippen LogP contribution in [-0.2, 0) is 0 Å². The van der Waals surface area contributed by atoms with Crippen molar-refractivity contribution in [3.8, 4) is 0 Å². The molecule has 1 aromatic rings. The molecule has 1 aliphatic heterocycles. The summed E-state index contributed by atoms with van der Waals surface area (Å²) in [7, 11) is 0. The minimum absolute atomic E-state index is 0.413. The molecular weight excluding hydrogens is 314 g/mol. The molecule has 0 radical (unpaired) electrons. The van der Waals surface area contributed by atoms with Crippen LogP contribution in [0.15, 0.2) is 29.4 Å². The molecule has 2 heterocycles. The van der Waals surface area contributed by atoms with E-state index in [1.807, 2.05) is 18.3 Å². The van der Waals surface area contributed by atoms with E-state index >= 15 is 0 Å². The molecule has 1 aromatic heterocycles. The van der Waals surface area contributed by atoms with Gasteiger partial charge in [0.2, 0.25) is 0 Å². The van der Waals surface area contributed by atoms with Crippen LogP contribution in [0, 0.1) is 0 Å². The molecule has 0 aromatic carbocycles. The number of aliphatic hydroxyl groups is 1. The lowest BCUT2D eigenvalue weighted by Gasteiger charge is -2.34. The summed E-state index contributed by atoms with van der Waals surface area (Å²) in [6, 6.07) is 6.48. The van der Waals surface area contributed by atoms with Gasteiger partial charge in [-0.1, -0.05) is 18.9 Å². The van der Waals surface area contributed by atoms with Crippen molar-refractivity contribution in [1.29, 1.82) is 0 Å². The number of pyridine rings is 1. The van der Waals surface area contributed by atoms with Crippen molar-refractivity contribution >= 4 is 11.8 Å². The van der Waals surface area contributed by atoms with Crippen LogP contribution >= 0.6 is 0 Å². The molecule has 6 heteroatoms. The Morgan fingerprint density at radius 1 is 1.32 bits per heavy atom. The van der Waals surface area contributed by atoms with Gasteiger partial charge in [0.1, 0.15) is 5.82 Å². The average molecular weight is 345 g/mol. The molecule has 3 rings (SSSR count). The molecule has 0 spiro atoms. The van der Waals surface area contributed by atoms with Crippen LogP contribution in [0.3, 0.4) is 0 Å². The Hall–Kier alpha value is -1.82. The molecule has 25 heavy (non-hydrogen) atoms. The van der Waals surface area contributed by atoms with Gasteiger partial charge in [-0.05, 0) is 44.7 Å². The molecule has 0 bridgehead atoms. The highest BCUT2D eigenvalue weighted by molar-refractivity contribution is 5.80. The Labute approximate surface area is 150 Å². The third kappa shape index (κ3) is 5.08. The predicted molar refractivity (Wildman–Crippen MR) is 102 cm³/mol. The van der Waals surface area contributed by atoms with E-state index in [0.29, 0.717) is 12.6 Å². The van der Waals surface area contributed by atoms with E-state index in [1.54, 1.807) is 0 Å². The normalized spacial score (nSPS) is 21.4. The van der Waals surface area contributed by atoms with Gasteiger partial charge in [-0.3, -0.25) is 4.99 Å². The highest BCUT2D eigenvalue weighted by atomic mass is 16.3. The molecule has 0 unspecified atom stereocenters. The first-order valence-corrected chi connectivity index (χ1v) is 9.62. The van der Waals surface area contributed by atoms with Crippen LogP contribution < -0.4 is 15.5 Å². The third-order valence-electron chi connectivity index (χ3n) is 5.22. The Morgan fingerprint density at radius 3 is 2.72 bits per heavy atom. The second-order valence-corrected chi connectivity index (χ2v) is 7.22. The van der Waals surface area contributed by atoms with Gasteiger partial charge >= 0.3 is 0 Å². The number of aliphatic imine (C=N–C) groups is 1. The first kappa shape index (κ1) is 18.0. The molecule has 2 aliphatic rings. The fraction of sp³-hybridized carbons (Fsp3) is 0.684. The van der Waals surface area contributed by atoms with Gasteiger partial charge in [0.05, 0.1) is 12.1 Å². The van der Waals surface area contributed by atoms with E-state index in [4.69, 9.17) is 0 Å². The topological polar surface area (TPSA) is 72.8 Å².